The van der Waals surface area contributed by atoms with E-state index in [2.05, 4.69) is 10.6 Å². The Hall–Kier alpha value is -2.86. The van der Waals surface area contributed by atoms with Gasteiger partial charge in [0.25, 0.3) is 0 Å². The van der Waals surface area contributed by atoms with Gasteiger partial charge < -0.3 is 15.4 Å². The molecule has 1 heterocycles. The summed E-state index contributed by atoms with van der Waals surface area (Å²) in [6.45, 7) is 0.344. The van der Waals surface area contributed by atoms with Gasteiger partial charge in [-0.2, -0.15) is 0 Å². The molecule has 2 N–H and O–H groups in total. The first-order valence-corrected chi connectivity index (χ1v) is 9.00. The molecule has 6 heteroatoms. The van der Waals surface area contributed by atoms with Crippen LogP contribution in [0, 0.1) is 5.82 Å². The van der Waals surface area contributed by atoms with E-state index < -0.39 is 0 Å². The van der Waals surface area contributed by atoms with E-state index in [4.69, 9.17) is 4.74 Å². The van der Waals surface area contributed by atoms with Crippen molar-refractivity contribution in [1.29, 1.82) is 0 Å². The third-order valence-electron chi connectivity index (χ3n) is 3.94. The summed E-state index contributed by atoms with van der Waals surface area (Å²) in [6.07, 6.45) is 0. The smallest absolute Gasteiger partial charge is 0.315 e. The van der Waals surface area contributed by atoms with E-state index in [9.17, 15) is 9.18 Å². The minimum absolute atomic E-state index is 0.306. The van der Waals surface area contributed by atoms with Gasteiger partial charge in [0.15, 0.2) is 0 Å². The standard InChI is InChI=1S/C20H19FN2O2S/c1-25-17-6-3-2-5-15(17)13-22-20(24)23-19(18-7-4-12-26-18)14-8-10-16(21)11-9-14/h2-12,19H,13H2,1H3,(H2,22,23,24). The number of halogens is 1. The Labute approximate surface area is 155 Å². The Morgan fingerprint density at radius 2 is 1.88 bits per heavy atom. The molecule has 26 heavy (non-hydrogen) atoms. The van der Waals surface area contributed by atoms with E-state index in [1.807, 2.05) is 41.8 Å². The Bertz CT molecular complexity index is 851. The van der Waals surface area contributed by atoms with Crippen molar-refractivity contribution in [3.05, 3.63) is 87.9 Å². The number of carbonyl (C=O) groups excluding carboxylic acids is 1. The lowest BCUT2D eigenvalue weighted by Crippen LogP contribution is -2.37. The highest BCUT2D eigenvalue weighted by molar-refractivity contribution is 7.10. The van der Waals surface area contributed by atoms with Crippen LogP contribution in [0.15, 0.2) is 66.0 Å². The zero-order valence-electron chi connectivity index (χ0n) is 14.2. The van der Waals surface area contributed by atoms with Crippen molar-refractivity contribution in [2.24, 2.45) is 0 Å². The van der Waals surface area contributed by atoms with Crippen LogP contribution >= 0.6 is 11.3 Å². The quantitative estimate of drug-likeness (QED) is 0.672. The lowest BCUT2D eigenvalue weighted by molar-refractivity contribution is 0.238. The molecule has 134 valence electrons. The van der Waals surface area contributed by atoms with Crippen molar-refractivity contribution in [1.82, 2.24) is 10.6 Å². The van der Waals surface area contributed by atoms with E-state index in [-0.39, 0.29) is 17.9 Å². The normalized spacial score (nSPS) is 11.6. The van der Waals surface area contributed by atoms with Gasteiger partial charge in [-0.15, -0.1) is 11.3 Å². The number of amides is 2. The summed E-state index contributed by atoms with van der Waals surface area (Å²) >= 11 is 1.54. The van der Waals surface area contributed by atoms with Crippen LogP contribution < -0.4 is 15.4 Å². The number of methoxy groups -OCH3 is 1. The Morgan fingerprint density at radius 1 is 1.12 bits per heavy atom. The number of ether oxygens (including phenoxy) is 1. The molecule has 0 saturated heterocycles. The second-order valence-electron chi connectivity index (χ2n) is 5.64. The van der Waals surface area contributed by atoms with Crippen molar-refractivity contribution >= 4 is 17.4 Å². The number of thiophene rings is 1. The van der Waals surface area contributed by atoms with E-state index >= 15 is 0 Å². The molecule has 1 unspecified atom stereocenters. The number of benzene rings is 2. The summed E-state index contributed by atoms with van der Waals surface area (Å²) in [6, 6.07) is 16.9. The molecule has 0 radical (unpaired) electrons. The van der Waals surface area contributed by atoms with Crippen molar-refractivity contribution in [3.63, 3.8) is 0 Å². The van der Waals surface area contributed by atoms with Crippen LogP contribution in [0.1, 0.15) is 22.0 Å². The second-order valence-corrected chi connectivity index (χ2v) is 6.62. The van der Waals surface area contributed by atoms with Crippen LogP contribution in [0.2, 0.25) is 0 Å². The average molecular weight is 370 g/mol. The van der Waals surface area contributed by atoms with Gasteiger partial charge in [0.05, 0.1) is 13.2 Å². The van der Waals surface area contributed by atoms with E-state index in [0.717, 1.165) is 21.8 Å². The Kier molecular flexibility index (Phi) is 5.86. The summed E-state index contributed by atoms with van der Waals surface area (Å²) in [5.41, 5.74) is 1.71. The first-order valence-electron chi connectivity index (χ1n) is 8.12. The zero-order valence-corrected chi connectivity index (χ0v) is 15.1. The van der Waals surface area contributed by atoms with E-state index in [1.165, 1.54) is 23.5 Å². The van der Waals surface area contributed by atoms with Crippen LogP contribution in [0.5, 0.6) is 5.75 Å². The maximum absolute atomic E-state index is 13.2. The fourth-order valence-corrected chi connectivity index (χ4v) is 3.44. The highest BCUT2D eigenvalue weighted by Crippen LogP contribution is 2.26. The minimum atomic E-state index is -0.340. The van der Waals surface area contributed by atoms with E-state index in [1.54, 1.807) is 19.2 Å². The molecule has 2 aromatic carbocycles. The molecule has 0 aliphatic heterocycles. The van der Waals surface area contributed by atoms with Crippen molar-refractivity contribution < 1.29 is 13.9 Å². The lowest BCUT2D eigenvalue weighted by atomic mass is 10.1. The number of carbonyl (C=O) groups is 1. The molecular weight excluding hydrogens is 351 g/mol. The first kappa shape index (κ1) is 17.9. The van der Waals surface area contributed by atoms with Gasteiger partial charge in [-0.1, -0.05) is 36.4 Å². The summed E-state index contributed by atoms with van der Waals surface area (Å²) in [7, 11) is 1.60. The minimum Gasteiger partial charge on any atom is -0.496 e. The monoisotopic (exact) mass is 370 g/mol. The van der Waals surface area contributed by atoms with Gasteiger partial charge in [-0.25, -0.2) is 9.18 Å². The fraction of sp³-hybridized carbons (Fsp3) is 0.150. The molecule has 3 rings (SSSR count). The predicted molar refractivity (Wildman–Crippen MR) is 101 cm³/mol. The molecule has 0 fully saturated rings. The third-order valence-corrected chi connectivity index (χ3v) is 4.88. The summed E-state index contributed by atoms with van der Waals surface area (Å²) in [5.74, 6) is 0.417. The van der Waals surface area contributed by atoms with Crippen LogP contribution in [0.25, 0.3) is 0 Å². The molecule has 0 aliphatic carbocycles. The topological polar surface area (TPSA) is 50.4 Å². The molecule has 2 amide bonds. The highest BCUT2D eigenvalue weighted by Gasteiger charge is 2.18. The second kappa shape index (κ2) is 8.49. The average Bonchev–Trinajstić information content (AvgIpc) is 3.20. The van der Waals surface area contributed by atoms with Gasteiger partial charge in [-0.3, -0.25) is 0 Å². The molecule has 3 aromatic rings. The number of nitrogens with one attached hydrogen (secondary N) is 2. The third kappa shape index (κ3) is 4.40. The maximum atomic E-state index is 13.2. The van der Waals surface area contributed by atoms with Crippen LogP contribution in [0.4, 0.5) is 9.18 Å². The molecule has 1 atom stereocenters. The molecule has 4 nitrogen and oxygen atoms in total. The van der Waals surface area contributed by atoms with Crippen LogP contribution in [0.3, 0.4) is 0 Å². The number of rotatable bonds is 6. The van der Waals surface area contributed by atoms with Gasteiger partial charge >= 0.3 is 6.03 Å². The number of urea groups is 1. The molecule has 0 saturated carbocycles. The van der Waals surface area contributed by atoms with Crippen LogP contribution in [-0.4, -0.2) is 13.1 Å². The van der Waals surface area contributed by atoms with Crippen molar-refractivity contribution in [2.45, 2.75) is 12.6 Å². The summed E-state index contributed by atoms with van der Waals surface area (Å²) in [4.78, 5) is 13.4. The maximum Gasteiger partial charge on any atom is 0.315 e. The number of hydrogen-bond donors (Lipinski definition) is 2. The van der Waals surface area contributed by atoms with Crippen LogP contribution in [-0.2, 0) is 6.54 Å². The molecular formula is C20H19FN2O2S. The number of hydrogen-bond acceptors (Lipinski definition) is 3. The largest absolute Gasteiger partial charge is 0.496 e. The van der Waals surface area contributed by atoms with Crippen molar-refractivity contribution in [2.75, 3.05) is 7.11 Å². The molecule has 1 aromatic heterocycles. The first-order chi connectivity index (χ1) is 12.7. The van der Waals surface area contributed by atoms with Gasteiger partial charge in [0.2, 0.25) is 0 Å². The lowest BCUT2D eigenvalue weighted by Gasteiger charge is -2.19. The molecule has 0 aliphatic rings. The Morgan fingerprint density at radius 3 is 2.58 bits per heavy atom. The summed E-state index contributed by atoms with van der Waals surface area (Å²) < 4.78 is 18.5. The van der Waals surface area contributed by atoms with E-state index in [0.29, 0.717) is 6.54 Å². The SMILES string of the molecule is COc1ccccc1CNC(=O)NC(c1ccc(F)cc1)c1cccs1. The Balaban J connectivity index is 1.70. The zero-order chi connectivity index (χ0) is 18.4. The van der Waals surface area contributed by atoms with Crippen molar-refractivity contribution in [3.8, 4) is 5.75 Å². The molecule has 0 spiro atoms. The van der Waals surface area contributed by atoms with Gasteiger partial charge in [0, 0.05) is 17.0 Å². The highest BCUT2D eigenvalue weighted by atomic mass is 32.1. The number of para-hydroxylation sites is 1. The van der Waals surface area contributed by atoms with Gasteiger partial charge in [-0.05, 0) is 35.2 Å². The predicted octanol–water partition coefficient (Wildman–Crippen LogP) is 4.48. The molecule has 0 bridgehead atoms. The van der Waals surface area contributed by atoms with Gasteiger partial charge in [0.1, 0.15) is 11.6 Å². The fourth-order valence-electron chi connectivity index (χ4n) is 2.64. The summed E-state index contributed by atoms with van der Waals surface area (Å²) in [5, 5.41) is 7.75.